The second-order valence-corrected chi connectivity index (χ2v) is 5.44. The Bertz CT molecular complexity index is 395. The van der Waals surface area contributed by atoms with Crippen molar-refractivity contribution in [2.75, 3.05) is 0 Å². The molecule has 0 heterocycles. The number of halogens is 2. The molecule has 0 N–H and O–H groups in total. The maximum absolute atomic E-state index is 3.61. The molecule has 0 aromatic rings. The van der Waals surface area contributed by atoms with Crippen molar-refractivity contribution in [1.82, 2.24) is 0 Å². The molecule has 0 bridgehead atoms. The van der Waals surface area contributed by atoms with E-state index in [9.17, 15) is 0 Å². The molecule has 118 valence electrons. The van der Waals surface area contributed by atoms with Crippen molar-refractivity contribution in [3.8, 4) is 0 Å². The first-order chi connectivity index (χ1) is 8.51. The Kier molecular flexibility index (Phi) is 15.0. The molecule has 1 unspecified atom stereocenters. The van der Waals surface area contributed by atoms with Gasteiger partial charge in [-0.1, -0.05) is 52.4 Å². The van der Waals surface area contributed by atoms with E-state index < -0.39 is 0 Å². The van der Waals surface area contributed by atoms with Crippen LogP contribution in [0.3, 0.4) is 0 Å². The summed E-state index contributed by atoms with van der Waals surface area (Å²) in [7, 11) is 0. The van der Waals surface area contributed by atoms with E-state index in [0.717, 1.165) is 6.42 Å². The summed E-state index contributed by atoms with van der Waals surface area (Å²) < 4.78 is 0. The minimum atomic E-state index is 0. The molecule has 0 amide bonds. The molecule has 1 atom stereocenters. The fourth-order valence-electron chi connectivity index (χ4n) is 2.42. The number of allylic oxidation sites excluding steroid dienone is 8. The molecule has 0 saturated heterocycles. The van der Waals surface area contributed by atoms with Crippen LogP contribution in [0, 0.1) is 17.6 Å². The largest absolute Gasteiger partial charge is 2.00 e. The molecule has 2 aliphatic rings. The quantitative estimate of drug-likeness (QED) is 0.541. The number of unbranched alkanes of at least 4 members (excludes halogenated alkanes) is 1. The van der Waals surface area contributed by atoms with Gasteiger partial charge in [-0.05, 0) is 0 Å². The van der Waals surface area contributed by atoms with Gasteiger partial charge < -0.3 is 0 Å². The molecular formula is C18H28F2Zr. The van der Waals surface area contributed by atoms with E-state index in [1.807, 2.05) is 12.2 Å². The molecule has 0 radical (unpaired) electrons. The van der Waals surface area contributed by atoms with Crippen molar-refractivity contribution in [2.45, 2.75) is 60.3 Å². The van der Waals surface area contributed by atoms with Gasteiger partial charge in [-0.25, -0.2) is 17.7 Å². The molecule has 2 aliphatic carbocycles. The van der Waals surface area contributed by atoms with E-state index in [4.69, 9.17) is 0 Å². The van der Waals surface area contributed by atoms with E-state index in [1.54, 1.807) is 0 Å². The van der Waals surface area contributed by atoms with Crippen molar-refractivity contribution >= 4 is 0 Å². The van der Waals surface area contributed by atoms with Crippen LogP contribution in [-0.2, 0) is 26.2 Å². The van der Waals surface area contributed by atoms with Gasteiger partial charge in [0.15, 0.2) is 0 Å². The maximum atomic E-state index is 3.61. The molecule has 0 aliphatic heterocycles. The molecule has 2 rings (SSSR count). The van der Waals surface area contributed by atoms with Gasteiger partial charge in [0, 0.05) is 0 Å². The average molecular weight is 374 g/mol. The smallest absolute Gasteiger partial charge is 0.273 e. The van der Waals surface area contributed by atoms with E-state index in [2.05, 4.69) is 52.8 Å². The summed E-state index contributed by atoms with van der Waals surface area (Å²) in [6.07, 6.45) is 17.4. The van der Waals surface area contributed by atoms with Crippen LogP contribution in [0.4, 0.5) is 9.41 Å². The minimum Gasteiger partial charge on any atom is -0.273 e. The Morgan fingerprint density at radius 3 is 2.10 bits per heavy atom. The van der Waals surface area contributed by atoms with Gasteiger partial charge in [-0.2, -0.15) is 17.2 Å². The second-order valence-electron chi connectivity index (χ2n) is 5.44. The van der Waals surface area contributed by atoms with Gasteiger partial charge in [-0.15, -0.1) is 13.3 Å². The van der Waals surface area contributed by atoms with E-state index in [0.29, 0.717) is 0 Å². The molecule has 0 fully saturated rings. The molecular weight excluding hydrogens is 345 g/mol. The van der Waals surface area contributed by atoms with Crippen LogP contribution in [0.15, 0.2) is 34.9 Å². The summed E-state index contributed by atoms with van der Waals surface area (Å²) in [5.74, 6) is 0. The first-order valence-electron chi connectivity index (χ1n) is 7.03. The Labute approximate surface area is 148 Å². The third-order valence-electron chi connectivity index (χ3n) is 4.03. The van der Waals surface area contributed by atoms with Gasteiger partial charge in [0.2, 0.25) is 0 Å². The molecule has 0 aromatic carbocycles. The molecule has 0 aromatic heterocycles. The summed E-state index contributed by atoms with van der Waals surface area (Å²) in [6, 6.07) is 0. The van der Waals surface area contributed by atoms with Gasteiger partial charge in [0.1, 0.15) is 0 Å². The third kappa shape index (κ3) is 7.50. The summed E-state index contributed by atoms with van der Waals surface area (Å²) in [6.45, 7) is 11.2. The monoisotopic (exact) mass is 372 g/mol. The Balaban J connectivity index is -0.000000349. The Hall–Kier alpha value is -0.297. The average Bonchev–Trinajstić information content (AvgIpc) is 2.97. The fraction of sp³-hybridized carbons (Fsp3) is 0.556. The second kappa shape index (κ2) is 12.3. The topological polar surface area (TPSA) is 0 Å². The Morgan fingerprint density at radius 1 is 1.19 bits per heavy atom. The molecule has 3 heteroatoms. The number of rotatable bonds is 3. The normalized spacial score (nSPS) is 21.7. The van der Waals surface area contributed by atoms with E-state index in [-0.39, 0.29) is 41.0 Å². The first kappa shape index (κ1) is 25.6. The summed E-state index contributed by atoms with van der Waals surface area (Å²) in [5, 5.41) is 0. The van der Waals surface area contributed by atoms with E-state index >= 15 is 0 Å². The third-order valence-corrected chi connectivity index (χ3v) is 4.03. The van der Waals surface area contributed by atoms with Gasteiger partial charge in [-0.3, -0.25) is 21.6 Å². The number of hydrogen-bond donors (Lipinski definition) is 0. The van der Waals surface area contributed by atoms with Crippen LogP contribution in [-0.4, -0.2) is 0 Å². The minimum absolute atomic E-state index is 0. The summed E-state index contributed by atoms with van der Waals surface area (Å²) in [5.41, 5.74) is 4.58. The van der Waals surface area contributed by atoms with E-state index in [1.165, 1.54) is 36.0 Å². The molecule has 21 heavy (non-hydrogen) atoms. The van der Waals surface area contributed by atoms with Gasteiger partial charge in [0.25, 0.3) is 0 Å². The molecule has 0 nitrogen and oxygen atoms in total. The summed E-state index contributed by atoms with van der Waals surface area (Å²) >= 11 is 0. The van der Waals surface area contributed by atoms with Crippen molar-refractivity contribution in [3.05, 3.63) is 47.1 Å². The predicted molar refractivity (Wildman–Crippen MR) is 85.0 cm³/mol. The standard InChI is InChI=1S/C13H21.C5H5.2FH.Zr/c1-6-7-8-13(5)9-10(2)11(3)12(13)4;1-2-4-5-3-1;;;/h6-8H2,1-5H3;1-3H,4H2;2*1H;/q2*-1;;;+2. The zero-order valence-corrected chi connectivity index (χ0v) is 16.3. The zero-order valence-electron chi connectivity index (χ0n) is 13.9. The SMILES string of the molecule is CCCCC1(C)[C-]=C(C)C(C)=C1C.F.F.[C-]1=CC=CC1.[Zr+2]. The first-order valence-corrected chi connectivity index (χ1v) is 7.03. The maximum Gasteiger partial charge on any atom is 2.00 e. The fourth-order valence-corrected chi connectivity index (χ4v) is 2.42. The summed E-state index contributed by atoms with van der Waals surface area (Å²) in [4.78, 5) is 0. The molecule has 0 spiro atoms. The molecule has 0 saturated carbocycles. The van der Waals surface area contributed by atoms with Crippen LogP contribution >= 0.6 is 0 Å². The van der Waals surface area contributed by atoms with Crippen molar-refractivity contribution in [3.63, 3.8) is 0 Å². The Morgan fingerprint density at radius 2 is 1.81 bits per heavy atom. The van der Waals surface area contributed by atoms with Crippen LogP contribution in [0.1, 0.15) is 60.3 Å². The van der Waals surface area contributed by atoms with Crippen molar-refractivity contribution in [1.29, 1.82) is 0 Å². The van der Waals surface area contributed by atoms with Crippen molar-refractivity contribution in [2.24, 2.45) is 5.41 Å². The van der Waals surface area contributed by atoms with Crippen LogP contribution in [0.25, 0.3) is 0 Å². The van der Waals surface area contributed by atoms with Gasteiger partial charge in [0.05, 0.1) is 0 Å². The van der Waals surface area contributed by atoms with Crippen LogP contribution in [0.2, 0.25) is 0 Å². The number of hydrogen-bond acceptors (Lipinski definition) is 0. The van der Waals surface area contributed by atoms with Crippen LogP contribution in [0.5, 0.6) is 0 Å². The predicted octanol–water partition coefficient (Wildman–Crippen LogP) is 5.89. The van der Waals surface area contributed by atoms with Crippen LogP contribution < -0.4 is 0 Å². The zero-order chi connectivity index (χ0) is 13.6. The van der Waals surface area contributed by atoms with Crippen molar-refractivity contribution < 1.29 is 35.6 Å². The van der Waals surface area contributed by atoms with Gasteiger partial charge >= 0.3 is 26.2 Å².